The number of rotatable bonds is 24. The highest BCUT2D eigenvalue weighted by Crippen LogP contribution is 2.24. The smallest absolute Gasteiger partial charge is 0.333 e. The van der Waals surface area contributed by atoms with Crippen LogP contribution in [0.4, 0.5) is 0 Å². The third-order valence-corrected chi connectivity index (χ3v) is 9.26. The summed E-state index contributed by atoms with van der Waals surface area (Å²) in [4.78, 5) is 56.7. The summed E-state index contributed by atoms with van der Waals surface area (Å²) in [7, 11) is 1.70. The van der Waals surface area contributed by atoms with Crippen molar-refractivity contribution < 1.29 is 33.3 Å². The third kappa shape index (κ3) is 12.4. The van der Waals surface area contributed by atoms with Crippen molar-refractivity contribution in [2.45, 2.75) is 135 Å². The van der Waals surface area contributed by atoms with Gasteiger partial charge in [0.25, 0.3) is 11.8 Å². The molecule has 1 aliphatic rings. The van der Waals surface area contributed by atoms with Crippen molar-refractivity contribution in [3.63, 3.8) is 0 Å². The van der Waals surface area contributed by atoms with Crippen LogP contribution < -0.4 is 14.6 Å². The first-order valence-electron chi connectivity index (χ1n) is 18.6. The van der Waals surface area contributed by atoms with Gasteiger partial charge in [-0.25, -0.2) is 9.78 Å². The monoisotopic (exact) mass is 675 g/mol. The topological polar surface area (TPSA) is 119 Å². The molecule has 2 heterocycles. The molecular weight excluding hydrogens is 620 g/mol. The number of fused-ring (bicyclic) bond motifs is 2. The Morgan fingerprint density at radius 1 is 0.714 bits per heavy atom. The maximum absolute atomic E-state index is 12.2. The number of ether oxygens (including phenoxy) is 1. The molecule has 49 heavy (non-hydrogen) atoms. The van der Waals surface area contributed by atoms with Gasteiger partial charge >= 0.3 is 5.97 Å². The number of para-hydroxylation sites is 3. The number of aromatic nitrogens is 2. The standard InChI is InChI=1S/C39H54N4O6/c1-48-34-24-20-23-33-39(34)41-31-21-16-17-22-32(31)42(33)30-19-13-9-5-3-6-10-14-25-35(44)40-29-18-12-8-4-2-7-11-15-26-38(47)49-43-36(45)27-28-37(43)46/h16-17,20-24H,2-15,18-19,25-30H2,1H3/p+1. The molecule has 1 aromatic heterocycles. The highest BCUT2D eigenvalue weighted by atomic mass is 16.7. The molecule has 0 radical (unpaired) electrons. The number of hydrogen-bond acceptors (Lipinski definition) is 7. The van der Waals surface area contributed by atoms with Crippen molar-refractivity contribution in [2.24, 2.45) is 0 Å². The Kier molecular flexibility index (Phi) is 16.3. The minimum Gasteiger partial charge on any atom is -0.494 e. The molecule has 10 heteroatoms. The number of nitrogens with one attached hydrogen (secondary N) is 1. The highest BCUT2D eigenvalue weighted by molar-refractivity contribution is 6.01. The number of nitrogens with zero attached hydrogens (tertiary/aromatic N) is 3. The molecule has 10 nitrogen and oxygen atoms in total. The molecule has 1 N–H and O–H groups in total. The second-order valence-corrected chi connectivity index (χ2v) is 13.1. The maximum atomic E-state index is 12.2. The third-order valence-electron chi connectivity index (χ3n) is 9.26. The number of aryl methyl sites for hydroxylation is 1. The Labute approximate surface area is 290 Å². The SMILES string of the molecule is COc1cccc2c1nc1ccccc1[n+]2CCCCCCCCCCC(=O)NCCCCCCCCCCC(=O)ON1C(=O)CCC1=O. The molecule has 3 amide bonds. The van der Waals surface area contributed by atoms with Gasteiger partial charge in [0.2, 0.25) is 16.9 Å². The van der Waals surface area contributed by atoms with Crippen LogP contribution in [-0.2, 0) is 30.6 Å². The molecule has 3 aromatic rings. The average Bonchev–Trinajstić information content (AvgIpc) is 3.42. The van der Waals surface area contributed by atoms with Crippen molar-refractivity contribution in [1.29, 1.82) is 0 Å². The molecule has 0 unspecified atom stereocenters. The van der Waals surface area contributed by atoms with E-state index in [1.54, 1.807) is 7.11 Å². The molecular formula is C39H55N4O6+. The van der Waals surface area contributed by atoms with Gasteiger partial charge in [-0.2, -0.15) is 4.57 Å². The lowest BCUT2D eigenvalue weighted by atomic mass is 10.1. The van der Waals surface area contributed by atoms with Crippen molar-refractivity contribution in [3.05, 3.63) is 42.5 Å². The molecule has 0 atom stereocenters. The van der Waals surface area contributed by atoms with E-state index in [1.807, 2.05) is 18.2 Å². The lowest BCUT2D eigenvalue weighted by molar-refractivity contribution is -0.646. The van der Waals surface area contributed by atoms with E-state index in [4.69, 9.17) is 14.6 Å². The van der Waals surface area contributed by atoms with Gasteiger partial charge in [0.05, 0.1) is 7.11 Å². The number of methoxy groups -OCH3 is 1. The first kappa shape index (κ1) is 37.7. The van der Waals surface area contributed by atoms with Crippen LogP contribution in [0.2, 0.25) is 0 Å². The lowest BCUT2D eigenvalue weighted by Crippen LogP contribution is -2.36. The summed E-state index contributed by atoms with van der Waals surface area (Å²) < 4.78 is 7.97. The van der Waals surface area contributed by atoms with Gasteiger partial charge < -0.3 is 14.9 Å². The summed E-state index contributed by atoms with van der Waals surface area (Å²) in [5, 5.41) is 3.68. The van der Waals surface area contributed by atoms with Gasteiger partial charge in [0, 0.05) is 50.8 Å². The van der Waals surface area contributed by atoms with Gasteiger partial charge in [0.1, 0.15) is 12.1 Å². The van der Waals surface area contributed by atoms with Crippen LogP contribution in [0.25, 0.3) is 22.1 Å². The van der Waals surface area contributed by atoms with Crippen LogP contribution in [0, 0.1) is 0 Å². The number of amides is 3. The number of unbranched alkanes of at least 4 members (excludes halogenated alkanes) is 14. The molecule has 2 aromatic carbocycles. The summed E-state index contributed by atoms with van der Waals surface area (Å²) in [5.74, 6) is -0.421. The lowest BCUT2D eigenvalue weighted by Gasteiger charge is -2.12. The van der Waals surface area contributed by atoms with Gasteiger partial charge in [-0.05, 0) is 37.8 Å². The second-order valence-electron chi connectivity index (χ2n) is 13.1. The van der Waals surface area contributed by atoms with Crippen molar-refractivity contribution >= 4 is 45.8 Å². The van der Waals surface area contributed by atoms with Crippen LogP contribution in [0.15, 0.2) is 42.5 Å². The zero-order valence-electron chi connectivity index (χ0n) is 29.4. The predicted octanol–water partition coefficient (Wildman–Crippen LogP) is 7.43. The van der Waals surface area contributed by atoms with Crippen LogP contribution in [-0.4, -0.2) is 47.4 Å². The number of carbonyl (C=O) groups is 4. The summed E-state index contributed by atoms with van der Waals surface area (Å²) in [6.07, 6.45) is 18.5. The van der Waals surface area contributed by atoms with Crippen LogP contribution in [0.3, 0.4) is 0 Å². The van der Waals surface area contributed by atoms with E-state index < -0.39 is 17.8 Å². The van der Waals surface area contributed by atoms with Crippen LogP contribution in [0.5, 0.6) is 5.75 Å². The Hall–Kier alpha value is -4.08. The molecule has 266 valence electrons. The molecule has 1 saturated heterocycles. The van der Waals surface area contributed by atoms with Crippen LogP contribution >= 0.6 is 0 Å². The van der Waals surface area contributed by atoms with Crippen molar-refractivity contribution in [3.8, 4) is 5.75 Å². The quantitative estimate of drug-likeness (QED) is 0.0454. The first-order valence-corrected chi connectivity index (χ1v) is 18.6. The summed E-state index contributed by atoms with van der Waals surface area (Å²) in [6, 6.07) is 14.5. The fourth-order valence-corrected chi connectivity index (χ4v) is 6.48. The number of hydrogen-bond donors (Lipinski definition) is 1. The largest absolute Gasteiger partial charge is 0.494 e. The van der Waals surface area contributed by atoms with Gasteiger partial charge in [0.15, 0.2) is 11.3 Å². The number of benzene rings is 2. The summed E-state index contributed by atoms with van der Waals surface area (Å²) in [5.41, 5.74) is 4.17. The zero-order valence-corrected chi connectivity index (χ0v) is 29.4. The highest BCUT2D eigenvalue weighted by Gasteiger charge is 2.32. The Bertz CT molecular complexity index is 1510. The number of imide groups is 1. The van der Waals surface area contributed by atoms with Crippen LogP contribution in [0.1, 0.15) is 128 Å². The minimum absolute atomic E-state index is 0.114. The van der Waals surface area contributed by atoms with E-state index in [0.29, 0.717) is 17.9 Å². The van der Waals surface area contributed by atoms with Crippen molar-refractivity contribution in [2.75, 3.05) is 13.7 Å². The Morgan fingerprint density at radius 2 is 1.29 bits per heavy atom. The zero-order chi connectivity index (χ0) is 34.7. The first-order chi connectivity index (χ1) is 24.0. The molecule has 0 aliphatic carbocycles. The number of hydroxylamine groups is 2. The summed E-state index contributed by atoms with van der Waals surface area (Å²) >= 11 is 0. The molecule has 1 fully saturated rings. The Balaban J connectivity index is 0.926. The average molecular weight is 676 g/mol. The molecule has 0 spiro atoms. The predicted molar refractivity (Wildman–Crippen MR) is 189 cm³/mol. The maximum Gasteiger partial charge on any atom is 0.333 e. The van der Waals surface area contributed by atoms with Crippen molar-refractivity contribution in [1.82, 2.24) is 15.4 Å². The number of carbonyl (C=O) groups excluding carboxylic acids is 4. The molecule has 0 saturated carbocycles. The Morgan fingerprint density at radius 3 is 1.96 bits per heavy atom. The van der Waals surface area contributed by atoms with E-state index in [2.05, 4.69) is 34.1 Å². The molecule has 4 rings (SSSR count). The van der Waals surface area contributed by atoms with Gasteiger partial charge in [-0.3, -0.25) is 14.4 Å². The fraction of sp³-hybridized carbons (Fsp3) is 0.590. The summed E-state index contributed by atoms with van der Waals surface area (Å²) in [6.45, 7) is 1.71. The van der Waals surface area contributed by atoms with Gasteiger partial charge in [-0.15, -0.1) is 5.06 Å². The molecule has 1 aliphatic heterocycles. The minimum atomic E-state index is -0.518. The van der Waals surface area contributed by atoms with Gasteiger partial charge in [-0.1, -0.05) is 88.8 Å². The second kappa shape index (κ2) is 21.1. The van der Waals surface area contributed by atoms with E-state index in [-0.39, 0.29) is 25.2 Å². The van der Waals surface area contributed by atoms with E-state index >= 15 is 0 Å². The van der Waals surface area contributed by atoms with E-state index in [1.165, 1.54) is 32.1 Å². The van der Waals surface area contributed by atoms with E-state index in [9.17, 15) is 19.2 Å². The normalized spacial score (nSPS) is 13.0. The van der Waals surface area contributed by atoms with E-state index in [0.717, 1.165) is 105 Å². The molecule has 0 bridgehead atoms. The fourth-order valence-electron chi connectivity index (χ4n) is 6.48.